The third kappa shape index (κ3) is 14.0. The van der Waals surface area contributed by atoms with E-state index in [9.17, 15) is 54.1 Å². The Morgan fingerprint density at radius 2 is 1.75 bits per heavy atom. The molecule has 0 heterocycles. The summed E-state index contributed by atoms with van der Waals surface area (Å²) >= 11 is 11.2. The van der Waals surface area contributed by atoms with Gasteiger partial charge in [0.05, 0.1) is 24.2 Å². The van der Waals surface area contributed by atoms with Crippen molar-refractivity contribution in [2.24, 2.45) is 0 Å². The number of nitrogens with zero attached hydrogens (tertiary/aromatic N) is 1. The fraction of sp³-hybridized carbons (Fsp3) is 0.565. The number of Topliss-reactive ketones (excluding diaryl/α,β-unsaturated/α-hetero) is 1. The van der Waals surface area contributed by atoms with Gasteiger partial charge in [0.1, 0.15) is 37.3 Å². The molecule has 1 unspecified atom stereocenters. The van der Waals surface area contributed by atoms with E-state index in [1.807, 2.05) is 0 Å². The van der Waals surface area contributed by atoms with E-state index in [4.69, 9.17) is 37.7 Å². The molecule has 0 aromatic heterocycles. The van der Waals surface area contributed by atoms with Gasteiger partial charge < -0.3 is 35.4 Å². The fourth-order valence-electron chi connectivity index (χ4n) is 3.29. The Labute approximate surface area is 259 Å². The number of amides is 2. The first kappa shape index (κ1) is 39.4. The van der Waals surface area contributed by atoms with E-state index in [1.54, 1.807) is 0 Å². The highest BCUT2D eigenvalue weighted by atomic mass is 35.5. The molecule has 2 amide bonds. The Morgan fingerprint density at radius 3 is 2.30 bits per heavy atom. The number of phosphoric acid groups is 1. The zero-order valence-electron chi connectivity index (χ0n) is 22.8. The van der Waals surface area contributed by atoms with Crippen molar-refractivity contribution in [3.63, 3.8) is 0 Å². The number of aldehydes is 1. The lowest BCUT2D eigenvalue weighted by molar-refractivity contribution is -0.384. The largest absolute Gasteiger partial charge is 0.473 e. The van der Waals surface area contributed by atoms with Crippen molar-refractivity contribution in [1.82, 2.24) is 10.8 Å². The number of carbonyl (C=O) groups is 4. The van der Waals surface area contributed by atoms with Crippen molar-refractivity contribution >= 4 is 60.6 Å². The van der Waals surface area contributed by atoms with Crippen LogP contribution >= 0.6 is 31.0 Å². The Kier molecular flexibility index (Phi) is 17.7. The summed E-state index contributed by atoms with van der Waals surface area (Å²) in [6.45, 7) is -3.06. The number of nitro benzene ring substituents is 1. The number of benzene rings is 1. The Hall–Kier alpha value is -2.61. The summed E-state index contributed by atoms with van der Waals surface area (Å²) in [7, 11) is -5.34. The van der Waals surface area contributed by atoms with Gasteiger partial charge in [0.15, 0.2) is 10.6 Å². The number of non-ortho nitro benzene ring substituents is 1. The van der Waals surface area contributed by atoms with Crippen LogP contribution in [0.5, 0.6) is 0 Å². The Bertz CT molecular complexity index is 1160. The summed E-state index contributed by atoms with van der Waals surface area (Å²) in [5, 5.41) is 51.1. The Balaban J connectivity index is 3.23. The first-order chi connectivity index (χ1) is 20.6. The molecular weight excluding hydrogens is 660 g/mol. The molecule has 0 radical (unpaired) electrons. The average molecular weight is 692 g/mol. The van der Waals surface area contributed by atoms with Gasteiger partial charge >= 0.3 is 7.82 Å². The summed E-state index contributed by atoms with van der Waals surface area (Å²) < 4.78 is 22.7. The molecule has 0 bridgehead atoms. The zero-order valence-corrected chi connectivity index (χ0v) is 25.2. The molecule has 44 heavy (non-hydrogen) atoms. The number of rotatable bonds is 22. The fourth-order valence-corrected chi connectivity index (χ4v) is 4.33. The van der Waals surface area contributed by atoms with Crippen LogP contribution in [0.1, 0.15) is 37.4 Å². The molecule has 0 aliphatic carbocycles. The molecule has 1 aromatic carbocycles. The lowest BCUT2D eigenvalue weighted by Crippen LogP contribution is -2.46. The number of alkyl halides is 2. The molecule has 1 aromatic rings. The van der Waals surface area contributed by atoms with E-state index < -0.39 is 85.5 Å². The summed E-state index contributed by atoms with van der Waals surface area (Å²) in [6, 6.07) is 2.65. The normalized spacial score (nSPS) is 16.2. The summed E-state index contributed by atoms with van der Waals surface area (Å²) in [5.41, 5.74) is 1.60. The number of aliphatic hydroxyl groups is 4. The number of carbonyl (C=O) groups excluding carboxylic acids is 4. The van der Waals surface area contributed by atoms with Crippen molar-refractivity contribution in [2.75, 3.05) is 19.8 Å². The van der Waals surface area contributed by atoms with Gasteiger partial charge in [-0.1, -0.05) is 23.2 Å². The molecular formula is C23H32Cl2N3O15P. The third-order valence-corrected chi connectivity index (χ3v) is 6.95. The number of nitrogens with one attached hydrogen (secondary N) is 2. The molecule has 7 N–H and O–H groups in total. The second-order valence-electron chi connectivity index (χ2n) is 8.93. The third-order valence-electron chi connectivity index (χ3n) is 5.60. The summed E-state index contributed by atoms with van der Waals surface area (Å²) in [4.78, 5) is 71.1. The summed E-state index contributed by atoms with van der Waals surface area (Å²) in [5.74, 6) is -3.07. The quantitative estimate of drug-likeness (QED) is 0.0202. The predicted octanol–water partition coefficient (Wildman–Crippen LogP) is -0.491. The van der Waals surface area contributed by atoms with E-state index in [2.05, 4.69) is 15.3 Å². The van der Waals surface area contributed by atoms with Gasteiger partial charge in [-0.25, -0.2) is 10.0 Å². The molecule has 0 saturated heterocycles. The van der Waals surface area contributed by atoms with Gasteiger partial charge in [-0.3, -0.25) is 38.4 Å². The highest BCUT2D eigenvalue weighted by Crippen LogP contribution is 2.49. The monoisotopic (exact) mass is 691 g/mol. The zero-order chi connectivity index (χ0) is 33.4. The van der Waals surface area contributed by atoms with Crippen LogP contribution in [0, 0.1) is 10.1 Å². The molecule has 0 saturated carbocycles. The van der Waals surface area contributed by atoms with Crippen molar-refractivity contribution in [3.05, 3.63) is 39.9 Å². The number of halogens is 2. The van der Waals surface area contributed by atoms with Crippen molar-refractivity contribution in [2.45, 2.75) is 61.0 Å². The van der Waals surface area contributed by atoms with Crippen LogP contribution in [0.25, 0.3) is 0 Å². The second-order valence-corrected chi connectivity index (χ2v) is 11.4. The van der Waals surface area contributed by atoms with Crippen molar-refractivity contribution in [1.29, 1.82) is 0 Å². The first-order valence-corrected chi connectivity index (χ1v) is 15.0. The number of hydrogen-bond acceptors (Lipinski definition) is 14. The lowest BCUT2D eigenvalue weighted by atomic mass is 10.0. The molecule has 6 atom stereocenters. The molecule has 0 aliphatic rings. The molecule has 1 rings (SSSR count). The van der Waals surface area contributed by atoms with Crippen LogP contribution in [0.4, 0.5) is 5.69 Å². The summed E-state index contributed by atoms with van der Waals surface area (Å²) in [6.07, 6.45) is -6.53. The average Bonchev–Trinajstić information content (AvgIpc) is 2.99. The van der Waals surface area contributed by atoms with E-state index in [0.717, 1.165) is 24.3 Å². The van der Waals surface area contributed by atoms with Crippen LogP contribution in [-0.2, 0) is 37.6 Å². The molecule has 248 valence electrons. The standard InChI is InChI=1S/C23H32Cl2N3O15P/c24-22(25)23(36)26-15(11-41-27-18(33)4-2-1-3-9-29)21(13-5-7-14(8-6-13)28(37)38)43-44(39,40)42-12-17(32)20(35)19(34)16(31)10-30/h5-9,15-16,19-22,30-31,34-35H,1-4,10-12H2,(H,26,36)(H,27,33)(H,39,40)/t15-,16+,19-,20-,21-/m1/s1. The maximum absolute atomic E-state index is 12.9. The van der Waals surface area contributed by atoms with Crippen molar-refractivity contribution < 1.29 is 67.9 Å². The van der Waals surface area contributed by atoms with Gasteiger partial charge in [-0.05, 0) is 30.5 Å². The lowest BCUT2D eigenvalue weighted by Gasteiger charge is -2.29. The number of aliphatic hydroxyl groups excluding tert-OH is 4. The SMILES string of the molecule is O=CCCCCC(=O)NOC[C@@H](NC(=O)C(Cl)Cl)[C@H](OP(=O)(O)OCC(=O)[C@@H](O)[C@H](O)[C@@H](O)CO)c1ccc([N+](=O)[O-])cc1. The number of unbranched alkanes of at least 4 members (excludes halogenated alkanes) is 2. The van der Waals surface area contributed by atoms with Crippen LogP contribution in [0.3, 0.4) is 0 Å². The van der Waals surface area contributed by atoms with Crippen LogP contribution in [-0.4, -0.2) is 103 Å². The molecule has 0 aliphatic heterocycles. The number of nitro groups is 1. The minimum atomic E-state index is -5.34. The maximum Gasteiger partial charge on any atom is 0.473 e. The van der Waals surface area contributed by atoms with E-state index in [-0.39, 0.29) is 24.1 Å². The van der Waals surface area contributed by atoms with Gasteiger partial charge in [0, 0.05) is 25.0 Å². The number of phosphoric ester groups is 1. The second kappa shape index (κ2) is 19.7. The van der Waals surface area contributed by atoms with E-state index in [1.165, 1.54) is 0 Å². The van der Waals surface area contributed by atoms with Gasteiger partial charge in [-0.15, -0.1) is 0 Å². The van der Waals surface area contributed by atoms with Crippen LogP contribution in [0.2, 0.25) is 0 Å². The highest BCUT2D eigenvalue weighted by molar-refractivity contribution is 7.47. The number of ketones is 1. The highest BCUT2D eigenvalue weighted by Gasteiger charge is 2.37. The molecule has 0 spiro atoms. The molecule has 0 fully saturated rings. The predicted molar refractivity (Wildman–Crippen MR) is 149 cm³/mol. The van der Waals surface area contributed by atoms with Gasteiger partial charge in [0.2, 0.25) is 5.91 Å². The molecule has 18 nitrogen and oxygen atoms in total. The van der Waals surface area contributed by atoms with E-state index >= 15 is 0 Å². The minimum absolute atomic E-state index is 0.0395. The first-order valence-electron chi connectivity index (χ1n) is 12.6. The minimum Gasteiger partial charge on any atom is -0.394 e. The van der Waals surface area contributed by atoms with Gasteiger partial charge in [0.25, 0.3) is 11.6 Å². The topological polar surface area (TPSA) is 281 Å². The number of hydrogen-bond donors (Lipinski definition) is 7. The Morgan fingerprint density at radius 1 is 1.11 bits per heavy atom. The van der Waals surface area contributed by atoms with E-state index in [0.29, 0.717) is 19.1 Å². The smallest absolute Gasteiger partial charge is 0.394 e. The molecule has 21 heteroatoms. The van der Waals surface area contributed by atoms with Crippen LogP contribution in [0.15, 0.2) is 24.3 Å². The van der Waals surface area contributed by atoms with Crippen LogP contribution < -0.4 is 10.8 Å². The maximum atomic E-state index is 12.9. The van der Waals surface area contributed by atoms with Gasteiger partial charge in [-0.2, -0.15) is 0 Å². The van der Waals surface area contributed by atoms with Crippen molar-refractivity contribution in [3.8, 4) is 0 Å². The number of hydroxylamine groups is 1.